The molecule has 1 aromatic carbocycles. The van der Waals surface area contributed by atoms with E-state index in [0.29, 0.717) is 5.92 Å². The van der Waals surface area contributed by atoms with E-state index in [4.69, 9.17) is 0 Å². The highest BCUT2D eigenvalue weighted by Gasteiger charge is 2.27. The molecule has 1 fully saturated rings. The Morgan fingerprint density at radius 3 is 1.90 bits per heavy atom. The van der Waals surface area contributed by atoms with Crippen LogP contribution in [0.2, 0.25) is 0 Å². The summed E-state index contributed by atoms with van der Waals surface area (Å²) in [5.41, 5.74) is 2.82. The van der Waals surface area contributed by atoms with Crippen molar-refractivity contribution in [3.8, 4) is 6.07 Å². The summed E-state index contributed by atoms with van der Waals surface area (Å²) in [6.07, 6.45) is 24.0. The van der Waals surface area contributed by atoms with Crippen molar-refractivity contribution < 1.29 is 0 Å². The molecule has 0 heterocycles. The van der Waals surface area contributed by atoms with Crippen LogP contribution in [-0.4, -0.2) is 0 Å². The minimum absolute atomic E-state index is 0.204. The highest BCUT2D eigenvalue weighted by molar-refractivity contribution is 5.24. The molecule has 0 spiro atoms. The monoisotopic (exact) mass is 423 g/mol. The normalized spacial score (nSPS) is 19.8. The molecule has 1 nitrogen and oxygen atoms in total. The minimum atomic E-state index is 0.204. The highest BCUT2D eigenvalue weighted by atomic mass is 14.4. The molecule has 0 radical (unpaired) electrons. The standard InChI is InChI=1S/C30H49N/c1-3-5-7-9-11-13-14-26-16-18-28(19-17-26)24-30(25-31)29-22-20-27(21-23-29)15-12-10-8-6-4-2/h16-19,27,29-30H,3-15,20-24H2,1-2H3. The number of nitriles is 1. The third-order valence-corrected chi connectivity index (χ3v) is 7.64. The second-order valence-corrected chi connectivity index (χ2v) is 10.3. The van der Waals surface area contributed by atoms with Crippen LogP contribution in [0.5, 0.6) is 0 Å². The summed E-state index contributed by atoms with van der Waals surface area (Å²) in [4.78, 5) is 0. The van der Waals surface area contributed by atoms with Crippen LogP contribution in [0.25, 0.3) is 0 Å². The van der Waals surface area contributed by atoms with Gasteiger partial charge in [-0.1, -0.05) is 122 Å². The van der Waals surface area contributed by atoms with Crippen LogP contribution in [0.4, 0.5) is 0 Å². The van der Waals surface area contributed by atoms with Gasteiger partial charge < -0.3 is 0 Å². The molecule has 0 amide bonds. The fourth-order valence-corrected chi connectivity index (χ4v) is 5.44. The zero-order valence-corrected chi connectivity index (χ0v) is 20.7. The molecular weight excluding hydrogens is 374 g/mol. The maximum atomic E-state index is 9.84. The molecule has 1 aliphatic carbocycles. The Labute approximate surface area is 194 Å². The number of benzene rings is 1. The van der Waals surface area contributed by atoms with E-state index in [0.717, 1.165) is 12.3 Å². The average molecular weight is 424 g/mol. The third-order valence-electron chi connectivity index (χ3n) is 7.64. The van der Waals surface area contributed by atoms with Gasteiger partial charge in [0.15, 0.2) is 0 Å². The summed E-state index contributed by atoms with van der Waals surface area (Å²) in [5.74, 6) is 1.75. The molecule has 1 heteroatoms. The third kappa shape index (κ3) is 10.7. The smallest absolute Gasteiger partial charge is 0.0662 e. The molecule has 0 N–H and O–H groups in total. The molecule has 31 heavy (non-hydrogen) atoms. The van der Waals surface area contributed by atoms with E-state index in [1.165, 1.54) is 120 Å². The molecule has 0 saturated heterocycles. The van der Waals surface area contributed by atoms with E-state index in [1.807, 2.05) is 0 Å². The molecular formula is C30H49N. The summed E-state index contributed by atoms with van der Waals surface area (Å²) >= 11 is 0. The molecule has 1 aliphatic rings. The van der Waals surface area contributed by atoms with Gasteiger partial charge in [0, 0.05) is 0 Å². The molecule has 0 aromatic heterocycles. The first-order valence-corrected chi connectivity index (χ1v) is 13.7. The van der Waals surface area contributed by atoms with Gasteiger partial charge in [-0.3, -0.25) is 0 Å². The number of nitrogens with zero attached hydrogens (tertiary/aromatic N) is 1. The Morgan fingerprint density at radius 2 is 1.29 bits per heavy atom. The first kappa shape index (κ1) is 26.0. The van der Waals surface area contributed by atoms with Crippen LogP contribution in [0.3, 0.4) is 0 Å². The predicted octanol–water partition coefficient (Wildman–Crippen LogP) is 9.44. The summed E-state index contributed by atoms with van der Waals surface area (Å²) in [6, 6.07) is 11.9. The highest BCUT2D eigenvalue weighted by Crippen LogP contribution is 2.37. The minimum Gasteiger partial charge on any atom is -0.198 e. The molecule has 174 valence electrons. The second-order valence-electron chi connectivity index (χ2n) is 10.3. The molecule has 1 unspecified atom stereocenters. The quantitative estimate of drug-likeness (QED) is 0.243. The lowest BCUT2D eigenvalue weighted by molar-refractivity contribution is 0.220. The lowest BCUT2D eigenvalue weighted by Gasteiger charge is -2.31. The molecule has 1 atom stereocenters. The van der Waals surface area contributed by atoms with Crippen molar-refractivity contribution in [2.45, 2.75) is 129 Å². The number of unbranched alkanes of at least 4 members (excludes halogenated alkanes) is 9. The molecule has 1 saturated carbocycles. The Balaban J connectivity index is 1.66. The predicted molar refractivity (Wildman–Crippen MR) is 135 cm³/mol. The molecule has 0 aliphatic heterocycles. The summed E-state index contributed by atoms with van der Waals surface area (Å²) in [7, 11) is 0. The van der Waals surface area contributed by atoms with Crippen LogP contribution < -0.4 is 0 Å². The number of aryl methyl sites for hydroxylation is 1. The van der Waals surface area contributed by atoms with Gasteiger partial charge in [-0.25, -0.2) is 0 Å². The van der Waals surface area contributed by atoms with Gasteiger partial charge in [0.1, 0.15) is 0 Å². The Bertz CT molecular complexity index is 588. The maximum absolute atomic E-state index is 9.84. The van der Waals surface area contributed by atoms with E-state index < -0.39 is 0 Å². The van der Waals surface area contributed by atoms with Gasteiger partial charge >= 0.3 is 0 Å². The van der Waals surface area contributed by atoms with E-state index in [1.54, 1.807) is 0 Å². The Hall–Kier alpha value is -1.29. The first-order chi connectivity index (χ1) is 15.3. The van der Waals surface area contributed by atoms with Crippen LogP contribution in [0, 0.1) is 29.1 Å². The van der Waals surface area contributed by atoms with E-state index in [2.05, 4.69) is 44.2 Å². The van der Waals surface area contributed by atoms with Crippen LogP contribution in [-0.2, 0) is 12.8 Å². The molecule has 1 aromatic rings. The number of rotatable bonds is 16. The van der Waals surface area contributed by atoms with Crippen molar-refractivity contribution in [2.75, 3.05) is 0 Å². The summed E-state index contributed by atoms with van der Waals surface area (Å²) in [5, 5.41) is 9.84. The summed E-state index contributed by atoms with van der Waals surface area (Å²) < 4.78 is 0. The van der Waals surface area contributed by atoms with Crippen molar-refractivity contribution in [1.82, 2.24) is 0 Å². The van der Waals surface area contributed by atoms with Crippen LogP contribution in [0.15, 0.2) is 24.3 Å². The molecule has 0 bridgehead atoms. The maximum Gasteiger partial charge on any atom is 0.0662 e. The van der Waals surface area contributed by atoms with Crippen molar-refractivity contribution in [3.05, 3.63) is 35.4 Å². The SMILES string of the molecule is CCCCCCCCc1ccc(CC(C#N)C2CCC(CCCCCCC)CC2)cc1. The largest absolute Gasteiger partial charge is 0.198 e. The van der Waals surface area contributed by atoms with E-state index >= 15 is 0 Å². The van der Waals surface area contributed by atoms with Gasteiger partial charge in [-0.15, -0.1) is 0 Å². The van der Waals surface area contributed by atoms with Gasteiger partial charge in [0.25, 0.3) is 0 Å². The zero-order chi connectivity index (χ0) is 22.2. The lowest BCUT2D eigenvalue weighted by Crippen LogP contribution is -2.22. The van der Waals surface area contributed by atoms with E-state index in [9.17, 15) is 5.26 Å². The topological polar surface area (TPSA) is 23.8 Å². The zero-order valence-electron chi connectivity index (χ0n) is 20.7. The first-order valence-electron chi connectivity index (χ1n) is 13.7. The van der Waals surface area contributed by atoms with Crippen LogP contribution in [0.1, 0.15) is 128 Å². The number of hydrogen-bond acceptors (Lipinski definition) is 1. The average Bonchev–Trinajstić information content (AvgIpc) is 2.81. The van der Waals surface area contributed by atoms with Gasteiger partial charge in [0.05, 0.1) is 12.0 Å². The fourth-order valence-electron chi connectivity index (χ4n) is 5.44. The second kappa shape index (κ2) is 16.4. The van der Waals surface area contributed by atoms with Gasteiger partial charge in [-0.2, -0.15) is 5.26 Å². The lowest BCUT2D eigenvalue weighted by atomic mass is 9.73. The van der Waals surface area contributed by atoms with Crippen molar-refractivity contribution >= 4 is 0 Å². The van der Waals surface area contributed by atoms with Crippen molar-refractivity contribution in [1.29, 1.82) is 5.26 Å². The van der Waals surface area contributed by atoms with Crippen molar-refractivity contribution in [2.24, 2.45) is 17.8 Å². The molecule has 2 rings (SSSR count). The van der Waals surface area contributed by atoms with Gasteiger partial charge in [0.2, 0.25) is 0 Å². The Morgan fingerprint density at radius 1 is 0.742 bits per heavy atom. The number of hydrogen-bond donors (Lipinski definition) is 0. The van der Waals surface area contributed by atoms with Gasteiger partial charge in [-0.05, 0) is 55.1 Å². The van der Waals surface area contributed by atoms with Crippen molar-refractivity contribution in [3.63, 3.8) is 0 Å². The Kier molecular flexibility index (Phi) is 13.7. The van der Waals surface area contributed by atoms with E-state index in [-0.39, 0.29) is 5.92 Å². The van der Waals surface area contributed by atoms with Crippen LogP contribution >= 0.6 is 0 Å². The summed E-state index contributed by atoms with van der Waals surface area (Å²) in [6.45, 7) is 4.57. The fraction of sp³-hybridized carbons (Fsp3) is 0.767.